The van der Waals surface area contributed by atoms with Crippen LogP contribution in [0.25, 0.3) is 0 Å². The molecule has 2 aliphatic heterocycles. The van der Waals surface area contributed by atoms with E-state index in [2.05, 4.69) is 33.9 Å². The molecule has 2 aliphatic rings. The topological polar surface area (TPSA) is 107 Å². The van der Waals surface area contributed by atoms with Crippen molar-refractivity contribution < 1.29 is 38.4 Å². The number of ether oxygens (including phenoxy) is 4. The quantitative estimate of drug-likeness (QED) is 0.259. The second-order valence-corrected chi connectivity index (χ2v) is 18.8. The van der Waals surface area contributed by atoms with Gasteiger partial charge in [-0.3, -0.25) is 4.90 Å². The van der Waals surface area contributed by atoms with Gasteiger partial charge in [-0.1, -0.05) is 99.6 Å². The minimum Gasteiger partial charge on any atom is -0.488 e. The predicted octanol–water partition coefficient (Wildman–Crippen LogP) is 6.33. The van der Waals surface area contributed by atoms with Crippen LogP contribution < -0.4 is 4.74 Å². The molecule has 3 aromatic rings. The highest BCUT2D eigenvalue weighted by Crippen LogP contribution is 2.52. The van der Waals surface area contributed by atoms with Crippen molar-refractivity contribution in [2.24, 2.45) is 0 Å². The average Bonchev–Trinajstić information content (AvgIpc) is 3.36. The predicted molar refractivity (Wildman–Crippen MR) is 176 cm³/mol. The van der Waals surface area contributed by atoms with E-state index >= 15 is 0 Å². The molecule has 248 valence electrons. The zero-order valence-electron chi connectivity index (χ0n) is 27.8. The summed E-state index contributed by atoms with van der Waals surface area (Å²) in [6.45, 7) is 13.7. The first-order valence-corrected chi connectivity index (χ1v) is 18.7. The molecule has 2 heterocycles. The molecule has 0 aliphatic carbocycles. The van der Waals surface area contributed by atoms with Crippen molar-refractivity contribution in [3.63, 3.8) is 0 Å². The Morgan fingerprint density at radius 1 is 0.891 bits per heavy atom. The summed E-state index contributed by atoms with van der Waals surface area (Å²) >= 11 is 0. The largest absolute Gasteiger partial charge is 0.488 e. The summed E-state index contributed by atoms with van der Waals surface area (Å²) in [5, 5.41) is 24.0. The van der Waals surface area contributed by atoms with E-state index in [0.29, 0.717) is 5.75 Å². The summed E-state index contributed by atoms with van der Waals surface area (Å²) in [4.78, 5) is 15.5. The summed E-state index contributed by atoms with van der Waals surface area (Å²) in [6.07, 6.45) is -3.63. The molecule has 46 heavy (non-hydrogen) atoms. The summed E-state index contributed by atoms with van der Waals surface area (Å²) in [5.74, 6) is -0.787. The molecule has 5 rings (SSSR count). The van der Waals surface area contributed by atoms with Gasteiger partial charge in [0.25, 0.3) is 0 Å². The number of aliphatic hydroxyl groups excluding tert-OH is 1. The lowest BCUT2D eigenvalue weighted by Crippen LogP contribution is -2.74. The van der Waals surface area contributed by atoms with Crippen molar-refractivity contribution in [2.75, 3.05) is 6.61 Å². The minimum absolute atomic E-state index is 0.0404. The molecule has 10 heteroatoms. The van der Waals surface area contributed by atoms with Crippen molar-refractivity contribution >= 4 is 14.4 Å². The van der Waals surface area contributed by atoms with Gasteiger partial charge >= 0.3 is 6.09 Å². The Balaban J connectivity index is 1.63. The Kier molecular flexibility index (Phi) is 9.71. The third kappa shape index (κ3) is 6.74. The van der Waals surface area contributed by atoms with Crippen LogP contribution in [0.3, 0.4) is 0 Å². The molecule has 2 N–H and O–H groups in total. The van der Waals surface area contributed by atoms with Gasteiger partial charge in [-0.2, -0.15) is 0 Å². The van der Waals surface area contributed by atoms with E-state index in [0.717, 1.165) is 11.1 Å². The van der Waals surface area contributed by atoms with E-state index in [4.69, 9.17) is 23.4 Å². The Morgan fingerprint density at radius 3 is 2.04 bits per heavy atom. The zero-order chi connectivity index (χ0) is 33.3. The van der Waals surface area contributed by atoms with Crippen molar-refractivity contribution in [3.05, 3.63) is 102 Å². The number of rotatable bonds is 9. The van der Waals surface area contributed by atoms with Crippen LogP contribution in [0.2, 0.25) is 18.1 Å². The van der Waals surface area contributed by atoms with E-state index in [9.17, 15) is 15.0 Å². The number of carbonyl (C=O) groups is 1. The second-order valence-electron chi connectivity index (χ2n) is 14.0. The summed E-state index contributed by atoms with van der Waals surface area (Å²) in [7, 11) is -2.51. The maximum Gasteiger partial charge on any atom is 0.413 e. The van der Waals surface area contributed by atoms with Crippen molar-refractivity contribution in [2.45, 2.75) is 102 Å². The molecule has 3 aromatic carbocycles. The number of benzene rings is 3. The highest BCUT2D eigenvalue weighted by atomic mass is 28.4. The van der Waals surface area contributed by atoms with Gasteiger partial charge in [0.05, 0.1) is 18.8 Å². The molecule has 0 bridgehead atoms. The lowest BCUT2D eigenvalue weighted by molar-refractivity contribution is -0.249. The molecule has 1 unspecified atom stereocenters. The number of hydrogen-bond donors (Lipinski definition) is 2. The molecule has 0 radical (unpaired) electrons. The number of carbonyl (C=O) groups excluding carboxylic acids is 1. The first-order valence-electron chi connectivity index (χ1n) is 15.8. The average molecular weight is 650 g/mol. The van der Waals surface area contributed by atoms with Crippen LogP contribution in [0.15, 0.2) is 84.9 Å². The minimum atomic E-state index is -2.51. The fraction of sp³-hybridized carbons (Fsp3) is 0.472. The molecule has 5 atom stereocenters. The van der Waals surface area contributed by atoms with Crippen LogP contribution >= 0.6 is 0 Å². The van der Waals surface area contributed by atoms with Gasteiger partial charge in [0.1, 0.15) is 31.2 Å². The Labute approximate surface area is 273 Å². The van der Waals surface area contributed by atoms with Gasteiger partial charge in [-0.05, 0) is 49.2 Å². The lowest BCUT2D eigenvalue weighted by atomic mass is 9.81. The third-order valence-corrected chi connectivity index (χ3v) is 13.7. The number of piperidine rings is 1. The molecule has 0 saturated carbocycles. The highest BCUT2D eigenvalue weighted by Gasteiger charge is 2.68. The number of hydrogen-bond acceptors (Lipinski definition) is 8. The van der Waals surface area contributed by atoms with Crippen LogP contribution in [0, 0.1) is 0 Å². The number of nitrogens with zero attached hydrogens (tertiary/aromatic N) is 1. The number of likely N-dealkylation sites (tertiary alicyclic amines) is 1. The van der Waals surface area contributed by atoms with Gasteiger partial charge in [-0.15, -0.1) is 0 Å². The van der Waals surface area contributed by atoms with Crippen LogP contribution in [0.5, 0.6) is 5.75 Å². The number of aliphatic hydroxyl groups is 2. The standard InChI is InChI=1S/C36H47NO8Si/c1-34(2,3)46(6,7)45-30-28(22-38)37(33(39)42-24-26-18-12-9-13-19-26)36(40,32-31(30)43-35(4,5)44-32)27-20-14-15-21-29(27)41-23-25-16-10-8-11-17-25/h8-21,28,30-32,38,40H,22-24H2,1-7H3/t28-,30-,31+,32+,36?/m1/s1. The third-order valence-electron chi connectivity index (χ3n) is 9.27. The SMILES string of the molecule is CC1(C)O[C@H]2[C@H](O[Si](C)(C)C(C)(C)C)[C@@H](CO)N(C(=O)OCc3ccccc3)C(O)(c3ccccc3OCc3ccccc3)[C@H]2O1. The molecule has 0 spiro atoms. The highest BCUT2D eigenvalue weighted by molar-refractivity contribution is 6.74. The maximum absolute atomic E-state index is 14.3. The monoisotopic (exact) mass is 649 g/mol. The summed E-state index contributed by atoms with van der Waals surface area (Å²) in [5.41, 5.74) is -0.192. The van der Waals surface area contributed by atoms with Crippen LogP contribution in [-0.4, -0.2) is 66.3 Å². The molecule has 2 fully saturated rings. The van der Waals surface area contributed by atoms with Crippen LogP contribution in [-0.2, 0) is 37.6 Å². The smallest absolute Gasteiger partial charge is 0.413 e. The molecule has 9 nitrogen and oxygen atoms in total. The van der Waals surface area contributed by atoms with E-state index in [1.807, 2.05) is 60.7 Å². The Morgan fingerprint density at radius 2 is 1.46 bits per heavy atom. The molecular weight excluding hydrogens is 602 g/mol. The first-order chi connectivity index (χ1) is 21.7. The van der Waals surface area contributed by atoms with Crippen LogP contribution in [0.1, 0.15) is 51.3 Å². The Bertz CT molecular complexity index is 1480. The first kappa shape index (κ1) is 34.1. The Hall–Kier alpha value is -3.25. The van der Waals surface area contributed by atoms with Crippen LogP contribution in [0.4, 0.5) is 4.79 Å². The van der Waals surface area contributed by atoms with Crippen molar-refractivity contribution in [1.82, 2.24) is 4.90 Å². The molecule has 1 amide bonds. The van der Waals surface area contributed by atoms with Gasteiger partial charge < -0.3 is 33.6 Å². The molecule has 2 saturated heterocycles. The van der Waals surface area contributed by atoms with E-state index < -0.39 is 56.9 Å². The van der Waals surface area contributed by atoms with Gasteiger partial charge in [-0.25, -0.2) is 4.79 Å². The maximum atomic E-state index is 14.3. The number of para-hydroxylation sites is 1. The van der Waals surface area contributed by atoms with E-state index in [1.54, 1.807) is 38.1 Å². The zero-order valence-corrected chi connectivity index (χ0v) is 28.8. The summed E-state index contributed by atoms with van der Waals surface area (Å²) < 4.78 is 32.1. The molecule has 0 aromatic heterocycles. The van der Waals surface area contributed by atoms with Crippen molar-refractivity contribution in [3.8, 4) is 5.75 Å². The van der Waals surface area contributed by atoms with E-state index in [-0.39, 0.29) is 23.8 Å². The van der Waals surface area contributed by atoms with Gasteiger partial charge in [0.15, 0.2) is 14.1 Å². The number of amides is 1. The normalized spacial score (nSPS) is 26.0. The van der Waals surface area contributed by atoms with Gasteiger partial charge in [0.2, 0.25) is 5.72 Å². The van der Waals surface area contributed by atoms with Crippen molar-refractivity contribution in [1.29, 1.82) is 0 Å². The fourth-order valence-electron chi connectivity index (χ4n) is 5.92. The second kappa shape index (κ2) is 13.1. The number of fused-ring (bicyclic) bond motifs is 1. The molecular formula is C36H47NO8Si. The van der Waals surface area contributed by atoms with E-state index in [1.165, 1.54) is 4.90 Å². The summed E-state index contributed by atoms with van der Waals surface area (Å²) in [6, 6.07) is 24.9. The fourth-order valence-corrected chi connectivity index (χ4v) is 7.25. The van der Waals surface area contributed by atoms with Gasteiger partial charge in [0, 0.05) is 5.56 Å². The lowest BCUT2D eigenvalue weighted by Gasteiger charge is -2.55.